The predicted molar refractivity (Wildman–Crippen MR) is 78.6 cm³/mol. The molecule has 0 atom stereocenters. The maximum absolute atomic E-state index is 11.9. The lowest BCUT2D eigenvalue weighted by atomic mass is 10.2. The number of halogens is 1. The highest BCUT2D eigenvalue weighted by Gasteiger charge is 2.07. The highest BCUT2D eigenvalue weighted by molar-refractivity contribution is 7.98. The second-order valence-electron chi connectivity index (χ2n) is 3.89. The van der Waals surface area contributed by atoms with Crippen molar-refractivity contribution >= 4 is 29.3 Å². The molecule has 0 spiro atoms. The van der Waals surface area contributed by atoms with Crippen molar-refractivity contribution in [2.45, 2.75) is 11.4 Å². The molecule has 0 aliphatic rings. The minimum atomic E-state index is -0.226. The molecule has 2 rings (SSSR count). The van der Waals surface area contributed by atoms with Gasteiger partial charge in [0, 0.05) is 22.7 Å². The second-order valence-corrected chi connectivity index (χ2v) is 5.21. The number of hydrogen-bond donors (Lipinski definition) is 1. The maximum atomic E-state index is 11.9. The van der Waals surface area contributed by atoms with Gasteiger partial charge in [0.2, 0.25) is 0 Å². The maximum Gasteiger partial charge on any atom is 0.270 e. The lowest BCUT2D eigenvalue weighted by Crippen LogP contribution is -2.23. The molecule has 1 aromatic carbocycles. The van der Waals surface area contributed by atoms with E-state index in [1.807, 2.05) is 30.5 Å². The molecule has 0 saturated heterocycles. The standard InChI is InChI=1S/C14H13ClN2OS/c1-19-12-4-2-10(3-5-12)9-17-14(18)13-8-11(15)6-7-16-13/h2-8H,9H2,1H3,(H,17,18). The largest absolute Gasteiger partial charge is 0.347 e. The minimum Gasteiger partial charge on any atom is -0.347 e. The van der Waals surface area contributed by atoms with Gasteiger partial charge in [0.1, 0.15) is 5.69 Å². The van der Waals surface area contributed by atoms with Gasteiger partial charge < -0.3 is 5.32 Å². The third kappa shape index (κ3) is 3.98. The van der Waals surface area contributed by atoms with Crippen LogP contribution in [0.4, 0.5) is 0 Å². The molecule has 19 heavy (non-hydrogen) atoms. The highest BCUT2D eigenvalue weighted by atomic mass is 35.5. The summed E-state index contributed by atoms with van der Waals surface area (Å²) in [6.45, 7) is 0.474. The van der Waals surface area contributed by atoms with Crippen molar-refractivity contribution in [2.24, 2.45) is 0 Å². The predicted octanol–water partition coefficient (Wildman–Crippen LogP) is 3.39. The molecule has 1 N–H and O–H groups in total. The minimum absolute atomic E-state index is 0.226. The molecule has 0 fully saturated rings. The number of aromatic nitrogens is 1. The number of rotatable bonds is 4. The Labute approximate surface area is 121 Å². The van der Waals surface area contributed by atoms with Gasteiger partial charge in [-0.15, -0.1) is 11.8 Å². The SMILES string of the molecule is CSc1ccc(CNC(=O)c2cc(Cl)ccn2)cc1. The number of amides is 1. The Morgan fingerprint density at radius 2 is 2.05 bits per heavy atom. The van der Waals surface area contributed by atoms with Gasteiger partial charge in [0.25, 0.3) is 5.91 Å². The average Bonchev–Trinajstić information content (AvgIpc) is 2.45. The number of carbonyl (C=O) groups is 1. The highest BCUT2D eigenvalue weighted by Crippen LogP contribution is 2.14. The van der Waals surface area contributed by atoms with Gasteiger partial charge >= 0.3 is 0 Å². The summed E-state index contributed by atoms with van der Waals surface area (Å²) in [7, 11) is 0. The lowest BCUT2D eigenvalue weighted by Gasteiger charge is -2.05. The van der Waals surface area contributed by atoms with E-state index >= 15 is 0 Å². The number of thioether (sulfide) groups is 1. The van der Waals surface area contributed by atoms with Gasteiger partial charge in [0.15, 0.2) is 0 Å². The van der Waals surface area contributed by atoms with Gasteiger partial charge in [-0.3, -0.25) is 9.78 Å². The first-order valence-corrected chi connectivity index (χ1v) is 7.32. The van der Waals surface area contributed by atoms with E-state index in [2.05, 4.69) is 10.3 Å². The number of carbonyl (C=O) groups excluding carboxylic acids is 1. The second kappa shape index (κ2) is 6.59. The van der Waals surface area contributed by atoms with Crippen molar-refractivity contribution in [3.63, 3.8) is 0 Å². The van der Waals surface area contributed by atoms with E-state index in [9.17, 15) is 4.79 Å². The van der Waals surface area contributed by atoms with Gasteiger partial charge in [-0.2, -0.15) is 0 Å². The summed E-state index contributed by atoms with van der Waals surface area (Å²) in [6.07, 6.45) is 3.55. The zero-order valence-corrected chi connectivity index (χ0v) is 12.0. The Morgan fingerprint density at radius 3 is 2.68 bits per heavy atom. The number of nitrogens with zero attached hydrogens (tertiary/aromatic N) is 1. The first-order chi connectivity index (χ1) is 9.19. The molecule has 0 unspecified atom stereocenters. The van der Waals surface area contributed by atoms with Crippen LogP contribution in [0.2, 0.25) is 5.02 Å². The summed E-state index contributed by atoms with van der Waals surface area (Å²) in [4.78, 5) is 17.0. The third-order valence-corrected chi connectivity index (χ3v) is 3.55. The molecule has 5 heteroatoms. The van der Waals surface area contributed by atoms with Gasteiger partial charge in [0.05, 0.1) is 0 Å². The van der Waals surface area contributed by atoms with Crippen LogP contribution in [0.15, 0.2) is 47.5 Å². The van der Waals surface area contributed by atoms with Crippen molar-refractivity contribution < 1.29 is 4.79 Å². The first kappa shape index (κ1) is 13.9. The van der Waals surface area contributed by atoms with Crippen molar-refractivity contribution in [1.29, 1.82) is 0 Å². The molecule has 0 radical (unpaired) electrons. The monoisotopic (exact) mass is 292 g/mol. The van der Waals surface area contributed by atoms with Gasteiger partial charge in [-0.25, -0.2) is 0 Å². The fourth-order valence-corrected chi connectivity index (χ4v) is 2.11. The molecular formula is C14H13ClN2OS. The van der Waals surface area contributed by atoms with Gasteiger partial charge in [-0.05, 0) is 36.1 Å². The van der Waals surface area contributed by atoms with Crippen LogP contribution in [0.5, 0.6) is 0 Å². The summed E-state index contributed by atoms with van der Waals surface area (Å²) in [5, 5.41) is 3.32. The summed E-state index contributed by atoms with van der Waals surface area (Å²) in [5.41, 5.74) is 1.38. The normalized spacial score (nSPS) is 10.2. The van der Waals surface area contributed by atoms with Gasteiger partial charge in [-0.1, -0.05) is 23.7 Å². The number of benzene rings is 1. The summed E-state index contributed by atoms with van der Waals surface area (Å²) < 4.78 is 0. The van der Waals surface area contributed by atoms with Crippen molar-refractivity contribution in [2.75, 3.05) is 6.26 Å². The molecule has 98 valence electrons. The Bertz CT molecular complexity index is 572. The van der Waals surface area contributed by atoms with Crippen LogP contribution in [0.25, 0.3) is 0 Å². The smallest absolute Gasteiger partial charge is 0.270 e. The van der Waals surface area contributed by atoms with Crippen LogP contribution in [0.1, 0.15) is 16.1 Å². The van der Waals surface area contributed by atoms with Crippen molar-refractivity contribution in [3.8, 4) is 0 Å². The molecule has 0 aliphatic carbocycles. The molecule has 0 saturated carbocycles. The Kier molecular flexibility index (Phi) is 4.82. The fraction of sp³-hybridized carbons (Fsp3) is 0.143. The van der Waals surface area contributed by atoms with Crippen LogP contribution >= 0.6 is 23.4 Å². The molecule has 0 bridgehead atoms. The summed E-state index contributed by atoms with van der Waals surface area (Å²) >= 11 is 7.51. The Morgan fingerprint density at radius 1 is 1.32 bits per heavy atom. The summed E-state index contributed by atoms with van der Waals surface area (Å²) in [5.74, 6) is -0.226. The van der Waals surface area contributed by atoms with Crippen LogP contribution in [-0.2, 0) is 6.54 Å². The quantitative estimate of drug-likeness (QED) is 0.878. The fourth-order valence-electron chi connectivity index (χ4n) is 1.55. The first-order valence-electron chi connectivity index (χ1n) is 5.72. The Balaban J connectivity index is 1.96. The zero-order chi connectivity index (χ0) is 13.7. The summed E-state index contributed by atoms with van der Waals surface area (Å²) in [6, 6.07) is 11.2. The molecule has 2 aromatic rings. The van der Waals surface area contributed by atoms with Crippen molar-refractivity contribution in [3.05, 3.63) is 58.9 Å². The number of hydrogen-bond acceptors (Lipinski definition) is 3. The van der Waals surface area contributed by atoms with E-state index in [0.717, 1.165) is 5.56 Å². The number of nitrogens with one attached hydrogen (secondary N) is 1. The average molecular weight is 293 g/mol. The van der Waals surface area contributed by atoms with E-state index in [1.165, 1.54) is 11.1 Å². The third-order valence-electron chi connectivity index (χ3n) is 2.57. The lowest BCUT2D eigenvalue weighted by molar-refractivity contribution is 0.0946. The zero-order valence-electron chi connectivity index (χ0n) is 10.4. The van der Waals surface area contributed by atoms with E-state index in [1.54, 1.807) is 23.9 Å². The van der Waals surface area contributed by atoms with Crippen molar-refractivity contribution in [1.82, 2.24) is 10.3 Å². The van der Waals surface area contributed by atoms with Crippen LogP contribution in [-0.4, -0.2) is 17.1 Å². The van der Waals surface area contributed by atoms with Crippen LogP contribution < -0.4 is 5.32 Å². The number of pyridine rings is 1. The molecule has 1 heterocycles. The van der Waals surface area contributed by atoms with E-state index < -0.39 is 0 Å². The molecule has 0 aliphatic heterocycles. The topological polar surface area (TPSA) is 42.0 Å². The van der Waals surface area contributed by atoms with E-state index in [0.29, 0.717) is 17.3 Å². The Hall–Kier alpha value is -1.52. The molecule has 1 amide bonds. The van der Waals surface area contributed by atoms with E-state index in [4.69, 9.17) is 11.6 Å². The van der Waals surface area contributed by atoms with Crippen LogP contribution in [0.3, 0.4) is 0 Å². The van der Waals surface area contributed by atoms with E-state index in [-0.39, 0.29) is 5.91 Å². The molecule has 1 aromatic heterocycles. The molecular weight excluding hydrogens is 280 g/mol. The van der Waals surface area contributed by atoms with Crippen LogP contribution in [0, 0.1) is 0 Å². The molecule has 3 nitrogen and oxygen atoms in total.